The Morgan fingerprint density at radius 3 is 2.48 bits per heavy atom. The van der Waals surface area contributed by atoms with E-state index in [0.717, 1.165) is 0 Å². The molecule has 0 aliphatic rings. The van der Waals surface area contributed by atoms with Gasteiger partial charge in [0.25, 0.3) is 6.47 Å². The Morgan fingerprint density at radius 1 is 1.17 bits per heavy atom. The zero-order chi connectivity index (χ0) is 16.7. The molecule has 120 valence electrons. The zero-order valence-electron chi connectivity index (χ0n) is 12.4. The van der Waals surface area contributed by atoms with Crippen molar-refractivity contribution < 1.29 is 23.8 Å². The van der Waals surface area contributed by atoms with Gasteiger partial charge in [0, 0.05) is 16.1 Å². The Labute approximate surface area is 138 Å². The van der Waals surface area contributed by atoms with Crippen LogP contribution in [0.5, 0.6) is 5.75 Å². The topological polar surface area (TPSA) is 61.8 Å². The van der Waals surface area contributed by atoms with Crippen molar-refractivity contribution in [3.8, 4) is 5.75 Å². The van der Waals surface area contributed by atoms with Crippen LogP contribution in [0.1, 0.15) is 17.2 Å². The van der Waals surface area contributed by atoms with Crippen LogP contribution in [0.15, 0.2) is 48.5 Å². The molecule has 0 saturated carbocycles. The van der Waals surface area contributed by atoms with Crippen LogP contribution in [-0.4, -0.2) is 19.6 Å². The molecule has 0 saturated heterocycles. The van der Waals surface area contributed by atoms with Gasteiger partial charge < -0.3 is 14.2 Å². The number of ether oxygens (including phenoxy) is 3. The first-order valence-electron chi connectivity index (χ1n) is 6.79. The van der Waals surface area contributed by atoms with Gasteiger partial charge in [-0.15, -0.1) is 0 Å². The van der Waals surface area contributed by atoms with Gasteiger partial charge in [-0.25, -0.2) is 4.79 Å². The molecule has 2 aromatic carbocycles. The highest BCUT2D eigenvalue weighted by molar-refractivity contribution is 6.31. The molecule has 0 bridgehead atoms. The first-order chi connectivity index (χ1) is 11.2. The highest BCUT2D eigenvalue weighted by Crippen LogP contribution is 2.23. The summed E-state index contributed by atoms with van der Waals surface area (Å²) in [4.78, 5) is 22.9. The largest absolute Gasteiger partial charge is 0.497 e. The molecule has 0 fully saturated rings. The number of carbonyl (C=O) groups excluding carboxylic acids is 2. The molecule has 0 spiro atoms. The van der Waals surface area contributed by atoms with Gasteiger partial charge in [-0.1, -0.05) is 41.9 Å². The molecule has 0 aliphatic carbocycles. The van der Waals surface area contributed by atoms with Crippen LogP contribution >= 0.6 is 11.6 Å². The average Bonchev–Trinajstić information content (AvgIpc) is 2.59. The summed E-state index contributed by atoms with van der Waals surface area (Å²) in [5.41, 5.74) is 1.16. The maximum absolute atomic E-state index is 12.2. The van der Waals surface area contributed by atoms with Gasteiger partial charge in [-0.05, 0) is 18.2 Å². The summed E-state index contributed by atoms with van der Waals surface area (Å²) in [5.74, 6) is -0.0507. The Bertz CT molecular complexity index is 669. The van der Waals surface area contributed by atoms with Crippen molar-refractivity contribution in [2.24, 2.45) is 0 Å². The summed E-state index contributed by atoms with van der Waals surface area (Å²) in [6.07, 6.45) is -1.14. The number of halogens is 1. The van der Waals surface area contributed by atoms with Crippen LogP contribution < -0.4 is 4.74 Å². The van der Waals surface area contributed by atoms with Gasteiger partial charge in [0.05, 0.1) is 7.11 Å². The molecule has 2 rings (SSSR count). The predicted octanol–water partition coefficient (Wildman–Crippen LogP) is 3.31. The minimum absolute atomic E-state index is 0.00657. The minimum atomic E-state index is -1.14. The van der Waals surface area contributed by atoms with Crippen molar-refractivity contribution in [2.75, 3.05) is 7.11 Å². The molecule has 0 heterocycles. The molecule has 0 radical (unpaired) electrons. The summed E-state index contributed by atoms with van der Waals surface area (Å²) in [7, 11) is 1.53. The summed E-state index contributed by atoms with van der Waals surface area (Å²) in [6, 6.07) is 13.6. The molecule has 23 heavy (non-hydrogen) atoms. The fourth-order valence-electron chi connectivity index (χ4n) is 1.94. The average molecular weight is 335 g/mol. The van der Waals surface area contributed by atoms with Crippen molar-refractivity contribution in [3.63, 3.8) is 0 Å². The SMILES string of the molecule is COc1ccc(C(OC=O)C(=O)OCc2ccccc2Cl)cc1. The molecule has 1 atom stereocenters. The number of hydrogen-bond acceptors (Lipinski definition) is 5. The Balaban J connectivity index is 2.08. The van der Waals surface area contributed by atoms with Gasteiger partial charge in [-0.2, -0.15) is 0 Å². The van der Waals surface area contributed by atoms with E-state index >= 15 is 0 Å². The Kier molecular flexibility index (Phi) is 6.00. The standard InChI is InChI=1S/C17H15ClO5/c1-21-14-8-6-12(7-9-14)16(23-11-19)17(20)22-10-13-4-2-3-5-15(13)18/h2-9,11,16H,10H2,1H3. The van der Waals surface area contributed by atoms with Crippen LogP contribution in [0.2, 0.25) is 5.02 Å². The van der Waals surface area contributed by atoms with Gasteiger partial charge in [-0.3, -0.25) is 4.79 Å². The van der Waals surface area contributed by atoms with E-state index in [-0.39, 0.29) is 13.1 Å². The first kappa shape index (κ1) is 16.8. The minimum Gasteiger partial charge on any atom is -0.497 e. The van der Waals surface area contributed by atoms with Gasteiger partial charge in [0.2, 0.25) is 6.10 Å². The van der Waals surface area contributed by atoms with Crippen LogP contribution in [0.4, 0.5) is 0 Å². The highest BCUT2D eigenvalue weighted by atomic mass is 35.5. The van der Waals surface area contributed by atoms with Crippen molar-refractivity contribution >= 4 is 24.0 Å². The molecule has 0 amide bonds. The number of methoxy groups -OCH3 is 1. The normalized spacial score (nSPS) is 11.4. The van der Waals surface area contributed by atoms with E-state index in [0.29, 0.717) is 21.9 Å². The molecule has 0 aliphatic heterocycles. The molecular formula is C17H15ClO5. The van der Waals surface area contributed by atoms with Crippen molar-refractivity contribution in [1.82, 2.24) is 0 Å². The van der Waals surface area contributed by atoms with Gasteiger partial charge in [0.15, 0.2) is 0 Å². The van der Waals surface area contributed by atoms with Crippen LogP contribution in [0.3, 0.4) is 0 Å². The highest BCUT2D eigenvalue weighted by Gasteiger charge is 2.24. The smallest absolute Gasteiger partial charge is 0.352 e. The fraction of sp³-hybridized carbons (Fsp3) is 0.176. The maximum atomic E-state index is 12.2. The lowest BCUT2D eigenvalue weighted by Gasteiger charge is -2.15. The van der Waals surface area contributed by atoms with E-state index in [1.54, 1.807) is 48.5 Å². The van der Waals surface area contributed by atoms with Crippen molar-refractivity contribution in [3.05, 3.63) is 64.7 Å². The number of benzene rings is 2. The van der Waals surface area contributed by atoms with Gasteiger partial charge >= 0.3 is 5.97 Å². The molecule has 6 heteroatoms. The van der Waals surface area contributed by atoms with E-state index in [1.165, 1.54) is 7.11 Å². The third-order valence-electron chi connectivity index (χ3n) is 3.15. The Hall–Kier alpha value is -2.53. The Morgan fingerprint density at radius 2 is 1.87 bits per heavy atom. The second kappa shape index (κ2) is 8.19. The lowest BCUT2D eigenvalue weighted by Crippen LogP contribution is -2.18. The summed E-state index contributed by atoms with van der Waals surface area (Å²) >= 11 is 6.01. The monoisotopic (exact) mass is 334 g/mol. The second-order valence-electron chi connectivity index (χ2n) is 4.58. The second-order valence-corrected chi connectivity index (χ2v) is 4.99. The third kappa shape index (κ3) is 4.47. The van der Waals surface area contributed by atoms with E-state index < -0.39 is 12.1 Å². The van der Waals surface area contributed by atoms with Crippen LogP contribution in [0.25, 0.3) is 0 Å². The molecule has 0 N–H and O–H groups in total. The van der Waals surface area contributed by atoms with Crippen LogP contribution in [-0.2, 0) is 25.7 Å². The number of rotatable bonds is 7. The fourth-order valence-corrected chi connectivity index (χ4v) is 2.13. The summed E-state index contributed by atoms with van der Waals surface area (Å²) in [5, 5.41) is 0.498. The number of hydrogen-bond donors (Lipinski definition) is 0. The van der Waals surface area contributed by atoms with E-state index in [2.05, 4.69) is 0 Å². The molecule has 1 unspecified atom stereocenters. The van der Waals surface area contributed by atoms with E-state index in [4.69, 9.17) is 25.8 Å². The van der Waals surface area contributed by atoms with Crippen LogP contribution in [0, 0.1) is 0 Å². The van der Waals surface area contributed by atoms with Crippen molar-refractivity contribution in [1.29, 1.82) is 0 Å². The maximum Gasteiger partial charge on any atom is 0.352 e. The lowest BCUT2D eigenvalue weighted by atomic mass is 10.1. The first-order valence-corrected chi connectivity index (χ1v) is 7.16. The number of esters is 1. The molecule has 2 aromatic rings. The van der Waals surface area contributed by atoms with Crippen molar-refractivity contribution in [2.45, 2.75) is 12.7 Å². The number of carbonyl (C=O) groups is 2. The van der Waals surface area contributed by atoms with Gasteiger partial charge in [0.1, 0.15) is 12.4 Å². The summed E-state index contributed by atoms with van der Waals surface area (Å²) in [6.45, 7) is 0.207. The molecular weight excluding hydrogens is 320 g/mol. The van der Waals surface area contributed by atoms with E-state index in [1.807, 2.05) is 0 Å². The predicted molar refractivity (Wildman–Crippen MR) is 84.1 cm³/mol. The molecule has 5 nitrogen and oxygen atoms in total. The summed E-state index contributed by atoms with van der Waals surface area (Å²) < 4.78 is 15.1. The third-order valence-corrected chi connectivity index (χ3v) is 3.52. The lowest BCUT2D eigenvalue weighted by molar-refractivity contribution is -0.163. The zero-order valence-corrected chi connectivity index (χ0v) is 13.2. The quantitative estimate of drug-likeness (QED) is 0.574. The molecule has 0 aromatic heterocycles. The van der Waals surface area contributed by atoms with E-state index in [9.17, 15) is 9.59 Å².